The number of likely N-dealkylation sites (tertiary alicyclic amines) is 1. The van der Waals surface area contributed by atoms with E-state index in [4.69, 9.17) is 4.98 Å². The van der Waals surface area contributed by atoms with E-state index in [1.807, 2.05) is 23.1 Å². The standard InChI is InChI=1S/C22H27N3O2S/c26-20(24-13-5-2-6-14-24)16-25-21(27)18-10-7-11-19(18)23-22(25)28-15-12-17-8-3-1-4-9-17/h1,3-4,8-9H,2,5-7,10-16H2. The molecule has 0 spiro atoms. The minimum atomic E-state index is -0.00456. The van der Waals surface area contributed by atoms with Crippen LogP contribution < -0.4 is 5.56 Å². The molecule has 1 fully saturated rings. The highest BCUT2D eigenvalue weighted by Gasteiger charge is 2.24. The molecule has 4 rings (SSSR count). The van der Waals surface area contributed by atoms with E-state index in [0.717, 1.165) is 68.6 Å². The van der Waals surface area contributed by atoms with E-state index in [9.17, 15) is 9.59 Å². The molecule has 1 aliphatic carbocycles. The fourth-order valence-corrected chi connectivity index (χ4v) is 5.04. The van der Waals surface area contributed by atoms with E-state index >= 15 is 0 Å². The zero-order chi connectivity index (χ0) is 19.3. The van der Waals surface area contributed by atoms with Crippen molar-refractivity contribution < 1.29 is 4.79 Å². The summed E-state index contributed by atoms with van der Waals surface area (Å²) in [5, 5.41) is 0.701. The third kappa shape index (κ3) is 4.32. The summed E-state index contributed by atoms with van der Waals surface area (Å²) >= 11 is 1.59. The van der Waals surface area contributed by atoms with Gasteiger partial charge in [0.15, 0.2) is 5.16 Å². The van der Waals surface area contributed by atoms with Crippen molar-refractivity contribution in [3.05, 3.63) is 57.5 Å². The summed E-state index contributed by atoms with van der Waals surface area (Å²) in [7, 11) is 0. The lowest BCUT2D eigenvalue weighted by atomic mass is 10.1. The maximum atomic E-state index is 13.1. The third-order valence-electron chi connectivity index (χ3n) is 5.62. The molecule has 1 saturated heterocycles. The van der Waals surface area contributed by atoms with Gasteiger partial charge in [-0.15, -0.1) is 0 Å². The first kappa shape index (κ1) is 19.2. The molecule has 1 aromatic heterocycles. The largest absolute Gasteiger partial charge is 0.341 e. The van der Waals surface area contributed by atoms with Gasteiger partial charge in [-0.2, -0.15) is 0 Å². The Hall–Kier alpha value is -2.08. The number of carbonyl (C=O) groups is 1. The number of thioether (sulfide) groups is 1. The van der Waals surface area contributed by atoms with Crippen molar-refractivity contribution in [2.75, 3.05) is 18.8 Å². The number of benzene rings is 1. The summed E-state index contributed by atoms with van der Waals surface area (Å²) in [6, 6.07) is 10.3. The number of hydrogen-bond acceptors (Lipinski definition) is 4. The van der Waals surface area contributed by atoms with Gasteiger partial charge in [0.05, 0.1) is 5.69 Å². The summed E-state index contributed by atoms with van der Waals surface area (Å²) < 4.78 is 1.64. The number of rotatable bonds is 6. The average Bonchev–Trinajstić information content (AvgIpc) is 3.21. The second-order valence-electron chi connectivity index (χ2n) is 7.59. The minimum absolute atomic E-state index is 0.00456. The highest BCUT2D eigenvalue weighted by molar-refractivity contribution is 7.99. The summed E-state index contributed by atoms with van der Waals surface area (Å²) in [5.74, 6) is 0.888. The molecule has 148 valence electrons. The van der Waals surface area contributed by atoms with E-state index < -0.39 is 0 Å². The van der Waals surface area contributed by atoms with Gasteiger partial charge in [-0.25, -0.2) is 4.98 Å². The van der Waals surface area contributed by atoms with Gasteiger partial charge in [-0.05, 0) is 50.5 Å². The Morgan fingerprint density at radius 3 is 2.61 bits per heavy atom. The molecule has 0 N–H and O–H groups in total. The van der Waals surface area contributed by atoms with Crippen molar-refractivity contribution in [2.45, 2.75) is 56.6 Å². The van der Waals surface area contributed by atoms with E-state index in [1.54, 1.807) is 16.3 Å². The smallest absolute Gasteiger partial charge is 0.258 e. The van der Waals surface area contributed by atoms with E-state index in [2.05, 4.69) is 12.1 Å². The first-order valence-corrected chi connectivity index (χ1v) is 11.3. The number of carbonyl (C=O) groups excluding carboxylic acids is 1. The quantitative estimate of drug-likeness (QED) is 0.555. The molecule has 5 nitrogen and oxygen atoms in total. The first-order chi connectivity index (χ1) is 13.7. The van der Waals surface area contributed by atoms with Gasteiger partial charge in [0.2, 0.25) is 5.91 Å². The lowest BCUT2D eigenvalue weighted by Crippen LogP contribution is -2.40. The van der Waals surface area contributed by atoms with Gasteiger partial charge < -0.3 is 4.90 Å². The molecule has 2 aliphatic rings. The fraction of sp³-hybridized carbons (Fsp3) is 0.500. The fourth-order valence-electron chi connectivity index (χ4n) is 4.04. The van der Waals surface area contributed by atoms with Crippen LogP contribution in [-0.2, 0) is 30.6 Å². The van der Waals surface area contributed by atoms with Crippen molar-refractivity contribution in [2.24, 2.45) is 0 Å². The van der Waals surface area contributed by atoms with Crippen LogP contribution in [0.2, 0.25) is 0 Å². The van der Waals surface area contributed by atoms with Crippen molar-refractivity contribution in [3.8, 4) is 0 Å². The topological polar surface area (TPSA) is 55.2 Å². The number of piperidine rings is 1. The first-order valence-electron chi connectivity index (χ1n) is 10.3. The van der Waals surface area contributed by atoms with Crippen molar-refractivity contribution in [1.29, 1.82) is 0 Å². The van der Waals surface area contributed by atoms with Crippen molar-refractivity contribution in [1.82, 2.24) is 14.5 Å². The summed E-state index contributed by atoms with van der Waals surface area (Å²) in [4.78, 5) is 32.6. The molecule has 2 aromatic rings. The number of fused-ring (bicyclic) bond motifs is 1. The Kier molecular flexibility index (Phi) is 6.15. The number of aryl methyl sites for hydroxylation is 2. The monoisotopic (exact) mass is 397 g/mol. The molecule has 1 aromatic carbocycles. The summed E-state index contributed by atoms with van der Waals surface area (Å²) in [5.41, 5.74) is 3.03. The maximum absolute atomic E-state index is 13.1. The number of hydrogen-bond donors (Lipinski definition) is 0. The van der Waals surface area contributed by atoms with Crippen LogP contribution in [0.3, 0.4) is 0 Å². The molecule has 28 heavy (non-hydrogen) atoms. The molecule has 0 radical (unpaired) electrons. The van der Waals surface area contributed by atoms with E-state index in [1.165, 1.54) is 12.0 Å². The van der Waals surface area contributed by atoms with Crippen molar-refractivity contribution in [3.63, 3.8) is 0 Å². The van der Waals surface area contributed by atoms with Crippen LogP contribution in [0, 0.1) is 0 Å². The Morgan fingerprint density at radius 2 is 1.82 bits per heavy atom. The lowest BCUT2D eigenvalue weighted by molar-refractivity contribution is -0.132. The number of amides is 1. The molecule has 1 aliphatic heterocycles. The van der Waals surface area contributed by atoms with Crippen LogP contribution in [0.1, 0.15) is 42.5 Å². The maximum Gasteiger partial charge on any atom is 0.258 e. The zero-order valence-electron chi connectivity index (χ0n) is 16.2. The normalized spacial score (nSPS) is 16.2. The van der Waals surface area contributed by atoms with Gasteiger partial charge in [0.1, 0.15) is 6.54 Å². The van der Waals surface area contributed by atoms with Crippen LogP contribution in [0.5, 0.6) is 0 Å². The van der Waals surface area contributed by atoms with Gasteiger partial charge >= 0.3 is 0 Å². The van der Waals surface area contributed by atoms with Crippen LogP contribution in [-0.4, -0.2) is 39.2 Å². The highest BCUT2D eigenvalue weighted by Crippen LogP contribution is 2.23. The van der Waals surface area contributed by atoms with Crippen LogP contribution >= 0.6 is 11.8 Å². The Balaban J connectivity index is 1.53. The Labute approximate surface area is 170 Å². The predicted molar refractivity (Wildman–Crippen MR) is 112 cm³/mol. The van der Waals surface area contributed by atoms with E-state index in [0.29, 0.717) is 5.16 Å². The SMILES string of the molecule is O=C(Cn1c(SCCc2ccccc2)nc2c(c1=O)CCC2)N1CCCCC1. The van der Waals surface area contributed by atoms with E-state index in [-0.39, 0.29) is 18.0 Å². The molecule has 1 amide bonds. The second kappa shape index (κ2) is 8.95. The van der Waals surface area contributed by atoms with Gasteiger partial charge in [-0.1, -0.05) is 42.1 Å². The molecule has 0 atom stereocenters. The Morgan fingerprint density at radius 1 is 1.04 bits per heavy atom. The van der Waals surface area contributed by atoms with Crippen LogP contribution in [0.4, 0.5) is 0 Å². The summed E-state index contributed by atoms with van der Waals surface area (Å²) in [6.45, 7) is 1.73. The minimum Gasteiger partial charge on any atom is -0.341 e. The zero-order valence-corrected chi connectivity index (χ0v) is 17.0. The molecule has 6 heteroatoms. The molecule has 0 saturated carbocycles. The van der Waals surface area contributed by atoms with Crippen molar-refractivity contribution >= 4 is 17.7 Å². The summed E-state index contributed by atoms with van der Waals surface area (Å²) in [6.07, 6.45) is 6.86. The highest BCUT2D eigenvalue weighted by atomic mass is 32.2. The van der Waals surface area contributed by atoms with Gasteiger partial charge in [0, 0.05) is 24.4 Å². The molecular weight excluding hydrogens is 370 g/mol. The molecular formula is C22H27N3O2S. The predicted octanol–water partition coefficient (Wildman–Crippen LogP) is 3.08. The van der Waals surface area contributed by atoms with Crippen LogP contribution in [0.15, 0.2) is 40.3 Å². The lowest BCUT2D eigenvalue weighted by Gasteiger charge is -2.27. The number of aromatic nitrogens is 2. The third-order valence-corrected chi connectivity index (χ3v) is 6.60. The molecule has 0 unspecified atom stereocenters. The van der Waals surface area contributed by atoms with Gasteiger partial charge in [-0.3, -0.25) is 14.2 Å². The Bertz CT molecular complexity index is 889. The van der Waals surface area contributed by atoms with Crippen LogP contribution in [0.25, 0.3) is 0 Å². The second-order valence-corrected chi connectivity index (χ2v) is 8.65. The number of nitrogens with zero attached hydrogens (tertiary/aromatic N) is 3. The average molecular weight is 398 g/mol. The van der Waals surface area contributed by atoms with Gasteiger partial charge in [0.25, 0.3) is 5.56 Å². The molecule has 0 bridgehead atoms. The molecule has 2 heterocycles.